The molecule has 0 spiro atoms. The van der Waals surface area contributed by atoms with Gasteiger partial charge in [0.1, 0.15) is 0 Å². The normalized spacial score (nSPS) is 12.7. The Morgan fingerprint density at radius 1 is 0.406 bits per heavy atom. The molecule has 0 bridgehead atoms. The Labute approximate surface area is 431 Å². The van der Waals surface area contributed by atoms with Crippen molar-refractivity contribution < 1.29 is 24.5 Å². The van der Waals surface area contributed by atoms with Crippen molar-refractivity contribution in [2.45, 2.75) is 353 Å². The van der Waals surface area contributed by atoms with Gasteiger partial charge in [0.2, 0.25) is 5.91 Å². The zero-order chi connectivity index (χ0) is 50.0. The first kappa shape index (κ1) is 67.3. The molecule has 1 amide bonds. The Morgan fingerprint density at radius 3 is 1.16 bits per heavy atom. The third kappa shape index (κ3) is 55.5. The number of esters is 1. The molecule has 3 N–H and O–H groups in total. The number of ether oxygens (including phenoxy) is 1. The Hall–Kier alpha value is -1.66. The second kappa shape index (κ2) is 58.9. The predicted molar refractivity (Wildman–Crippen MR) is 301 cm³/mol. The number of allylic oxidation sites excluding steroid dienone is 4. The highest BCUT2D eigenvalue weighted by molar-refractivity contribution is 5.76. The van der Waals surface area contributed by atoms with Gasteiger partial charge in [-0.05, 0) is 51.4 Å². The first-order chi connectivity index (χ1) is 34.0. The molecule has 2 unspecified atom stereocenters. The lowest BCUT2D eigenvalue weighted by atomic mass is 10.0. The molecule has 0 radical (unpaired) electrons. The monoisotopic (exact) mass is 972 g/mol. The van der Waals surface area contributed by atoms with Crippen LogP contribution in [-0.2, 0) is 14.3 Å². The van der Waals surface area contributed by atoms with Gasteiger partial charge in [-0.25, -0.2) is 0 Å². The van der Waals surface area contributed by atoms with Crippen LogP contribution in [0.25, 0.3) is 0 Å². The molecule has 0 heterocycles. The summed E-state index contributed by atoms with van der Waals surface area (Å²) in [4.78, 5) is 24.5. The number of aliphatic hydroxyl groups excluding tert-OH is 2. The van der Waals surface area contributed by atoms with Crippen LogP contribution < -0.4 is 5.32 Å². The number of carbonyl (C=O) groups excluding carboxylic acids is 2. The van der Waals surface area contributed by atoms with Crippen LogP contribution >= 0.6 is 0 Å². The lowest BCUT2D eigenvalue weighted by Gasteiger charge is -2.22. The molecular formula is C63H121NO5. The van der Waals surface area contributed by atoms with Gasteiger partial charge in [-0.15, -0.1) is 0 Å². The van der Waals surface area contributed by atoms with Gasteiger partial charge in [-0.2, -0.15) is 0 Å². The Bertz CT molecular complexity index is 1080. The standard InChI is InChI=1S/C63H121NO5/c1-3-5-7-9-11-13-15-32-37-41-45-49-53-57-63(68)69-58-54-50-46-42-38-34-31-29-27-25-23-21-19-17-16-18-20-22-24-26-28-30-33-36-40-44-48-52-56-62(67)64-60(59-65)61(66)55-51-47-43-39-35-14-12-10-8-6-4-2/h7,9,13,15,60-61,65-66H,3-6,8,10-12,14,16-59H2,1-2H3,(H,64,67)/b9-7-,15-13-. The molecule has 6 heteroatoms. The number of nitrogens with one attached hydrogen (secondary N) is 1. The van der Waals surface area contributed by atoms with Crippen molar-refractivity contribution in [3.63, 3.8) is 0 Å². The second-order valence-corrected chi connectivity index (χ2v) is 21.4. The van der Waals surface area contributed by atoms with Crippen LogP contribution in [0.3, 0.4) is 0 Å². The van der Waals surface area contributed by atoms with E-state index in [1.165, 1.54) is 257 Å². The van der Waals surface area contributed by atoms with Gasteiger partial charge in [0, 0.05) is 12.8 Å². The number of unbranched alkanes of at least 4 members (excludes halogenated alkanes) is 43. The van der Waals surface area contributed by atoms with E-state index in [0.717, 1.165) is 51.4 Å². The van der Waals surface area contributed by atoms with Gasteiger partial charge in [0.15, 0.2) is 0 Å². The van der Waals surface area contributed by atoms with Crippen LogP contribution in [0.5, 0.6) is 0 Å². The summed E-state index contributed by atoms with van der Waals surface area (Å²) in [6.45, 7) is 4.89. The quantitative estimate of drug-likeness (QED) is 0.0321. The van der Waals surface area contributed by atoms with Crippen LogP contribution in [0.2, 0.25) is 0 Å². The first-order valence-corrected chi connectivity index (χ1v) is 31.1. The fraction of sp³-hybridized carbons (Fsp3) is 0.905. The van der Waals surface area contributed by atoms with Crippen LogP contribution in [0.4, 0.5) is 0 Å². The van der Waals surface area contributed by atoms with Crippen LogP contribution in [0, 0.1) is 0 Å². The highest BCUT2D eigenvalue weighted by atomic mass is 16.5. The van der Waals surface area contributed by atoms with Crippen molar-refractivity contribution in [1.82, 2.24) is 5.32 Å². The molecule has 69 heavy (non-hydrogen) atoms. The molecule has 0 aliphatic rings. The molecule has 408 valence electrons. The molecule has 6 nitrogen and oxygen atoms in total. The van der Waals surface area contributed by atoms with E-state index in [0.29, 0.717) is 25.9 Å². The van der Waals surface area contributed by atoms with E-state index in [1.807, 2.05) is 0 Å². The van der Waals surface area contributed by atoms with E-state index in [9.17, 15) is 19.8 Å². The average Bonchev–Trinajstić information content (AvgIpc) is 3.35. The number of aliphatic hydroxyl groups is 2. The highest BCUT2D eigenvalue weighted by Gasteiger charge is 2.20. The molecule has 0 aromatic heterocycles. The van der Waals surface area contributed by atoms with Gasteiger partial charge in [-0.3, -0.25) is 9.59 Å². The van der Waals surface area contributed by atoms with Crippen molar-refractivity contribution in [3.05, 3.63) is 24.3 Å². The van der Waals surface area contributed by atoms with E-state index in [4.69, 9.17) is 4.74 Å². The minimum Gasteiger partial charge on any atom is -0.466 e. The molecular weight excluding hydrogens is 851 g/mol. The Morgan fingerprint density at radius 2 is 0.754 bits per heavy atom. The van der Waals surface area contributed by atoms with Gasteiger partial charge in [0.25, 0.3) is 0 Å². The summed E-state index contributed by atoms with van der Waals surface area (Å²) < 4.78 is 5.47. The van der Waals surface area contributed by atoms with Gasteiger partial charge in [0.05, 0.1) is 25.4 Å². The molecule has 2 atom stereocenters. The van der Waals surface area contributed by atoms with Crippen molar-refractivity contribution in [1.29, 1.82) is 0 Å². The van der Waals surface area contributed by atoms with Crippen LogP contribution in [0.15, 0.2) is 24.3 Å². The molecule has 0 fully saturated rings. The molecule has 0 rings (SSSR count). The van der Waals surface area contributed by atoms with E-state index >= 15 is 0 Å². The van der Waals surface area contributed by atoms with Crippen molar-refractivity contribution >= 4 is 11.9 Å². The highest BCUT2D eigenvalue weighted by Crippen LogP contribution is 2.18. The van der Waals surface area contributed by atoms with E-state index in [2.05, 4.69) is 43.5 Å². The summed E-state index contributed by atoms with van der Waals surface area (Å²) in [5, 5.41) is 23.2. The molecule has 0 aliphatic carbocycles. The molecule has 0 aliphatic heterocycles. The maximum atomic E-state index is 12.4. The van der Waals surface area contributed by atoms with Gasteiger partial charge in [-0.1, -0.05) is 301 Å². The molecule has 0 saturated heterocycles. The predicted octanol–water partition coefficient (Wildman–Crippen LogP) is 19.4. The fourth-order valence-electron chi connectivity index (χ4n) is 9.74. The summed E-state index contributed by atoms with van der Waals surface area (Å²) in [6.07, 6.45) is 72.0. The van der Waals surface area contributed by atoms with Crippen LogP contribution in [-0.4, -0.2) is 47.4 Å². The Balaban J connectivity index is 3.32. The second-order valence-electron chi connectivity index (χ2n) is 21.4. The minimum absolute atomic E-state index is 0.00351. The van der Waals surface area contributed by atoms with Crippen molar-refractivity contribution in [2.24, 2.45) is 0 Å². The maximum Gasteiger partial charge on any atom is 0.305 e. The van der Waals surface area contributed by atoms with E-state index < -0.39 is 12.1 Å². The summed E-state index contributed by atoms with van der Waals surface area (Å²) in [5.41, 5.74) is 0. The SMILES string of the molecule is CCC/C=C\C/C=C\CCCCCCCC(=O)OCCCCCCCCCCCCCCCCCCCCCCCCCCCCCCC(=O)NC(CO)C(O)CCCCCCCCCCCCC. The molecule has 0 saturated carbocycles. The number of hydrogen-bond donors (Lipinski definition) is 3. The van der Waals surface area contributed by atoms with Crippen molar-refractivity contribution in [2.75, 3.05) is 13.2 Å². The third-order valence-corrected chi connectivity index (χ3v) is 14.5. The Kier molecular flexibility index (Phi) is 57.5. The zero-order valence-electron chi connectivity index (χ0n) is 46.6. The number of rotatable bonds is 58. The lowest BCUT2D eigenvalue weighted by Crippen LogP contribution is -2.45. The topological polar surface area (TPSA) is 95.9 Å². The number of hydrogen-bond acceptors (Lipinski definition) is 5. The maximum absolute atomic E-state index is 12.4. The summed E-state index contributed by atoms with van der Waals surface area (Å²) in [7, 11) is 0. The molecule has 0 aromatic rings. The number of amides is 1. The fourth-order valence-corrected chi connectivity index (χ4v) is 9.74. The third-order valence-electron chi connectivity index (χ3n) is 14.5. The summed E-state index contributed by atoms with van der Waals surface area (Å²) >= 11 is 0. The zero-order valence-corrected chi connectivity index (χ0v) is 46.6. The number of carbonyl (C=O) groups is 2. The summed E-state index contributed by atoms with van der Waals surface area (Å²) in [5.74, 6) is -0.0282. The van der Waals surface area contributed by atoms with Gasteiger partial charge >= 0.3 is 5.97 Å². The minimum atomic E-state index is -0.660. The van der Waals surface area contributed by atoms with Gasteiger partial charge < -0.3 is 20.3 Å². The lowest BCUT2D eigenvalue weighted by molar-refractivity contribution is -0.143. The van der Waals surface area contributed by atoms with E-state index in [-0.39, 0.29) is 18.5 Å². The average molecular weight is 973 g/mol. The van der Waals surface area contributed by atoms with E-state index in [1.54, 1.807) is 0 Å². The largest absolute Gasteiger partial charge is 0.466 e. The van der Waals surface area contributed by atoms with Crippen LogP contribution in [0.1, 0.15) is 341 Å². The first-order valence-electron chi connectivity index (χ1n) is 31.1. The van der Waals surface area contributed by atoms with Crippen molar-refractivity contribution in [3.8, 4) is 0 Å². The smallest absolute Gasteiger partial charge is 0.305 e. The summed E-state index contributed by atoms with van der Waals surface area (Å²) in [6, 6.07) is -0.537. The molecule has 0 aromatic carbocycles.